The van der Waals surface area contributed by atoms with Crippen LogP contribution in [0.2, 0.25) is 0 Å². The average Bonchev–Trinajstić information content (AvgIpc) is 3.12. The average molecular weight is 488 g/mol. The van der Waals surface area contributed by atoms with Crippen molar-refractivity contribution in [2.45, 2.75) is 28.1 Å². The summed E-state index contributed by atoms with van der Waals surface area (Å²) in [6, 6.07) is 18.4. The number of methoxy groups -OCH3 is 2. The number of nitrogens with one attached hydrogen (secondary N) is 1. The Morgan fingerprint density at radius 3 is 2.33 bits per heavy atom. The molecule has 1 heterocycles. The lowest BCUT2D eigenvalue weighted by atomic mass is 10.0. The van der Waals surface area contributed by atoms with Gasteiger partial charge in [0.1, 0.15) is 16.7 Å². The second-order valence-electron chi connectivity index (χ2n) is 7.74. The molecule has 33 heavy (non-hydrogen) atoms. The highest BCUT2D eigenvalue weighted by Gasteiger charge is 2.44. The fourth-order valence-electron chi connectivity index (χ4n) is 4.10. The Kier molecular flexibility index (Phi) is 6.47. The van der Waals surface area contributed by atoms with Gasteiger partial charge in [0.15, 0.2) is 19.7 Å². The summed E-state index contributed by atoms with van der Waals surface area (Å²) in [5, 5.41) is 2.14. The van der Waals surface area contributed by atoms with Gasteiger partial charge in [-0.05, 0) is 35.4 Å². The molecule has 1 atom stereocenters. The van der Waals surface area contributed by atoms with E-state index in [4.69, 9.17) is 9.47 Å². The summed E-state index contributed by atoms with van der Waals surface area (Å²) in [6.45, 7) is 0.744. The first-order valence-electron chi connectivity index (χ1n) is 10.3. The second kappa shape index (κ2) is 9.17. The van der Waals surface area contributed by atoms with Crippen molar-refractivity contribution in [3.8, 4) is 11.5 Å². The molecule has 9 heteroatoms. The van der Waals surface area contributed by atoms with E-state index in [0.717, 1.165) is 5.56 Å². The number of benzene rings is 3. The molecule has 0 saturated carbocycles. The van der Waals surface area contributed by atoms with Gasteiger partial charge in [-0.15, -0.1) is 0 Å². The maximum atomic E-state index is 13.4. The van der Waals surface area contributed by atoms with Gasteiger partial charge in [0.25, 0.3) is 0 Å². The summed E-state index contributed by atoms with van der Waals surface area (Å²) >= 11 is 0. The molecule has 1 aliphatic heterocycles. The maximum Gasteiger partial charge on any atom is 0.186 e. The molecule has 0 amide bonds. The molecule has 0 fully saturated rings. The zero-order valence-corrected chi connectivity index (χ0v) is 19.9. The van der Waals surface area contributed by atoms with Crippen molar-refractivity contribution < 1.29 is 26.3 Å². The molecular weight excluding hydrogens is 462 g/mol. The van der Waals surface area contributed by atoms with Crippen molar-refractivity contribution in [3.63, 3.8) is 0 Å². The first kappa shape index (κ1) is 23.3. The normalized spacial score (nSPS) is 16.8. The van der Waals surface area contributed by atoms with E-state index >= 15 is 0 Å². The topological polar surface area (TPSA) is 98.8 Å². The Balaban J connectivity index is 1.64. The molecule has 0 aliphatic carbocycles. The second-order valence-corrected chi connectivity index (χ2v) is 11.9. The number of fused-ring (bicyclic) bond motifs is 1. The number of rotatable bonds is 8. The molecule has 0 bridgehead atoms. The van der Waals surface area contributed by atoms with Gasteiger partial charge < -0.3 is 14.8 Å². The van der Waals surface area contributed by atoms with Crippen LogP contribution in [0.3, 0.4) is 0 Å². The predicted molar refractivity (Wildman–Crippen MR) is 125 cm³/mol. The van der Waals surface area contributed by atoms with Crippen LogP contribution in [-0.2, 0) is 32.8 Å². The van der Waals surface area contributed by atoms with E-state index in [9.17, 15) is 16.8 Å². The van der Waals surface area contributed by atoms with E-state index in [0.29, 0.717) is 35.7 Å². The van der Waals surface area contributed by atoms with Crippen molar-refractivity contribution in [2.75, 3.05) is 20.0 Å². The van der Waals surface area contributed by atoms with Crippen molar-refractivity contribution in [1.82, 2.24) is 5.32 Å². The minimum atomic E-state index is -3.88. The minimum absolute atomic E-state index is 0.0911. The molecular formula is C24H25NO6S2. The zero-order chi connectivity index (χ0) is 23.6. The Hall–Kier alpha value is -2.88. The summed E-state index contributed by atoms with van der Waals surface area (Å²) < 4.78 is 63.0. The van der Waals surface area contributed by atoms with Gasteiger partial charge in [-0.1, -0.05) is 36.4 Å². The van der Waals surface area contributed by atoms with Crippen LogP contribution < -0.4 is 14.8 Å². The van der Waals surface area contributed by atoms with Crippen molar-refractivity contribution >= 4 is 19.7 Å². The van der Waals surface area contributed by atoms with Crippen molar-refractivity contribution in [3.05, 3.63) is 83.4 Å². The summed E-state index contributed by atoms with van der Waals surface area (Å²) in [7, 11) is -4.43. The third kappa shape index (κ3) is 4.48. The number of hydrogen-bond acceptors (Lipinski definition) is 7. The van der Waals surface area contributed by atoms with Crippen molar-refractivity contribution in [1.29, 1.82) is 0 Å². The Bertz CT molecular complexity index is 1370. The molecule has 174 valence electrons. The fraction of sp³-hybridized carbons (Fsp3) is 0.250. The van der Waals surface area contributed by atoms with Crippen LogP contribution in [0, 0.1) is 0 Å². The van der Waals surface area contributed by atoms with Crippen LogP contribution in [0.4, 0.5) is 0 Å². The molecule has 0 saturated heterocycles. The van der Waals surface area contributed by atoms with Crippen LogP contribution >= 0.6 is 0 Å². The number of ether oxygens (including phenoxy) is 2. The Morgan fingerprint density at radius 2 is 1.64 bits per heavy atom. The zero-order valence-electron chi connectivity index (χ0n) is 18.3. The fourth-order valence-corrected chi connectivity index (χ4v) is 8.52. The summed E-state index contributed by atoms with van der Waals surface area (Å²) in [4.78, 5) is 0.206. The first-order chi connectivity index (χ1) is 15.8. The van der Waals surface area contributed by atoms with Gasteiger partial charge in [-0.2, -0.15) is 0 Å². The lowest BCUT2D eigenvalue weighted by molar-refractivity contribution is 0.390. The lowest BCUT2D eigenvalue weighted by Gasteiger charge is -2.17. The van der Waals surface area contributed by atoms with Gasteiger partial charge in [0.05, 0.1) is 29.8 Å². The van der Waals surface area contributed by atoms with Crippen LogP contribution in [0.5, 0.6) is 11.5 Å². The molecule has 0 spiro atoms. The lowest BCUT2D eigenvalue weighted by Crippen LogP contribution is -2.19. The van der Waals surface area contributed by atoms with Gasteiger partial charge in [-0.25, -0.2) is 16.8 Å². The van der Waals surface area contributed by atoms with E-state index in [1.165, 1.54) is 18.2 Å². The van der Waals surface area contributed by atoms with Crippen LogP contribution in [-0.4, -0.2) is 36.8 Å². The highest BCUT2D eigenvalue weighted by molar-refractivity contribution is 7.96. The standard InChI is InChI=1S/C24H25NO6S2/c1-30-19-12-11-17(21(13-19)31-2)14-25-15-18-7-6-10-22-24(18)23(16-32(22,26)27)33(28,29)20-8-4-3-5-9-20/h3-13,23,25H,14-16H2,1-2H3. The number of sulfone groups is 2. The van der Waals surface area contributed by atoms with E-state index in [1.807, 2.05) is 12.1 Å². The SMILES string of the molecule is COc1ccc(CNCc2cccc3c2C(S(=O)(=O)c2ccccc2)CS3(=O)=O)c(OC)c1. The molecule has 1 N–H and O–H groups in total. The highest BCUT2D eigenvalue weighted by Crippen LogP contribution is 2.42. The molecule has 1 unspecified atom stereocenters. The largest absolute Gasteiger partial charge is 0.497 e. The summed E-state index contributed by atoms with van der Waals surface area (Å²) in [6.07, 6.45) is 0. The molecule has 0 radical (unpaired) electrons. The first-order valence-corrected chi connectivity index (χ1v) is 13.5. The van der Waals surface area contributed by atoms with Crippen LogP contribution in [0.15, 0.2) is 76.5 Å². The van der Waals surface area contributed by atoms with Crippen LogP contribution in [0.1, 0.15) is 21.9 Å². The van der Waals surface area contributed by atoms with Gasteiger partial charge >= 0.3 is 0 Å². The summed E-state index contributed by atoms with van der Waals surface area (Å²) in [5.74, 6) is 0.881. The molecule has 7 nitrogen and oxygen atoms in total. The Morgan fingerprint density at radius 1 is 0.909 bits per heavy atom. The number of hydrogen-bond donors (Lipinski definition) is 1. The third-order valence-corrected chi connectivity index (χ3v) is 9.85. The van der Waals surface area contributed by atoms with Gasteiger partial charge in [0.2, 0.25) is 0 Å². The molecule has 1 aliphatic rings. The smallest absolute Gasteiger partial charge is 0.186 e. The molecule has 3 aromatic rings. The van der Waals surface area contributed by atoms with Crippen LogP contribution in [0.25, 0.3) is 0 Å². The Labute approximate surface area is 194 Å². The molecule has 4 rings (SSSR count). The van der Waals surface area contributed by atoms with E-state index in [-0.39, 0.29) is 9.79 Å². The van der Waals surface area contributed by atoms with Gasteiger partial charge in [0, 0.05) is 24.7 Å². The van der Waals surface area contributed by atoms with E-state index in [1.54, 1.807) is 50.6 Å². The monoisotopic (exact) mass is 487 g/mol. The maximum absolute atomic E-state index is 13.4. The third-order valence-electron chi connectivity index (χ3n) is 5.76. The van der Waals surface area contributed by atoms with E-state index < -0.39 is 30.7 Å². The summed E-state index contributed by atoms with van der Waals surface area (Å²) in [5.41, 5.74) is 1.90. The highest BCUT2D eigenvalue weighted by atomic mass is 32.2. The minimum Gasteiger partial charge on any atom is -0.497 e. The molecule has 3 aromatic carbocycles. The van der Waals surface area contributed by atoms with Crippen molar-refractivity contribution in [2.24, 2.45) is 0 Å². The molecule has 0 aromatic heterocycles. The quantitative estimate of drug-likeness (QED) is 0.521. The van der Waals surface area contributed by atoms with E-state index in [2.05, 4.69) is 5.32 Å². The predicted octanol–water partition coefficient (Wildman–Crippen LogP) is 3.30. The van der Waals surface area contributed by atoms with Gasteiger partial charge in [-0.3, -0.25) is 0 Å².